The number of piperazine rings is 1. The van der Waals surface area contributed by atoms with Crippen LogP contribution >= 0.6 is 0 Å². The highest BCUT2D eigenvalue weighted by Crippen LogP contribution is 2.51. The van der Waals surface area contributed by atoms with Gasteiger partial charge < -0.3 is 19.7 Å². The molecule has 1 amide bonds. The molecule has 3 heterocycles. The summed E-state index contributed by atoms with van der Waals surface area (Å²) < 4.78 is 50.6. The van der Waals surface area contributed by atoms with Gasteiger partial charge in [0.05, 0.1) is 5.52 Å². The molecule has 1 aromatic heterocycles. The minimum Gasteiger partial charge on any atom is -0.456 e. The minimum absolute atomic E-state index is 0.384. The van der Waals surface area contributed by atoms with Crippen LogP contribution < -0.4 is 15.0 Å². The number of alkyl carbamates (subject to hydrolysis) is 1. The number of fused-ring (bicyclic) bond motifs is 3. The lowest BCUT2D eigenvalue weighted by Crippen LogP contribution is -2.47. The van der Waals surface area contributed by atoms with Crippen LogP contribution in [-0.4, -0.2) is 66.4 Å². The number of alkyl halides is 3. The van der Waals surface area contributed by atoms with E-state index in [1.54, 1.807) is 36.4 Å². The lowest BCUT2D eigenvalue weighted by molar-refractivity contribution is -0.124. The number of nitrogens with zero attached hydrogens (tertiary/aromatic N) is 4. The van der Waals surface area contributed by atoms with Gasteiger partial charge in [0.15, 0.2) is 5.60 Å². The number of hydrogen-bond donors (Lipinski definition) is 1. The number of nitrogens with one attached hydrogen (secondary N) is 1. The summed E-state index contributed by atoms with van der Waals surface area (Å²) >= 11 is 0. The quantitative estimate of drug-likeness (QED) is 0.242. The summed E-state index contributed by atoms with van der Waals surface area (Å²) in [4.78, 5) is 26.6. The summed E-state index contributed by atoms with van der Waals surface area (Å²) in [7, 11) is 0. The van der Waals surface area contributed by atoms with Crippen LogP contribution in [0.25, 0.3) is 10.9 Å². The first-order valence-electron chi connectivity index (χ1n) is 14.4. The number of benzene rings is 3. The second kappa shape index (κ2) is 12.1. The summed E-state index contributed by atoms with van der Waals surface area (Å²) in [6, 6.07) is 22.3. The molecule has 11 heteroatoms. The fraction of sp³-hybridized carbons (Fsp3) is 0.344. The standard InChI is InChI=1S/C32H32F3N5O3/c33-32(34,35)22-37-30(41)43-31(24-10-2-5-13-27(24)42-28-14-6-3-11-25(28)31)15-7-8-16-39-17-19-40(20-18-39)29-36-21-23-9-1-4-12-26(23)38-29/h1-6,9-14,21H,7-8,15-20,22H2,(H,37,41). The van der Waals surface area contributed by atoms with Gasteiger partial charge in [-0.3, -0.25) is 4.90 Å². The van der Waals surface area contributed by atoms with Crippen molar-refractivity contribution in [1.82, 2.24) is 20.2 Å². The molecular formula is C32H32F3N5O3. The molecule has 0 radical (unpaired) electrons. The van der Waals surface area contributed by atoms with E-state index in [0.717, 1.165) is 56.0 Å². The third-order valence-corrected chi connectivity index (χ3v) is 7.95. The van der Waals surface area contributed by atoms with Crippen LogP contribution in [0.5, 0.6) is 11.5 Å². The zero-order valence-electron chi connectivity index (χ0n) is 23.5. The minimum atomic E-state index is -4.55. The number of unbranched alkanes of at least 4 members (excludes halogenated alkanes) is 1. The number of carbonyl (C=O) groups excluding carboxylic acids is 1. The number of aromatic nitrogens is 2. The molecule has 1 fully saturated rings. The van der Waals surface area contributed by atoms with Crippen molar-refractivity contribution in [1.29, 1.82) is 0 Å². The van der Waals surface area contributed by atoms with Gasteiger partial charge in [-0.25, -0.2) is 14.8 Å². The van der Waals surface area contributed by atoms with Gasteiger partial charge in [-0.05, 0) is 44.0 Å². The monoisotopic (exact) mass is 591 g/mol. The first-order chi connectivity index (χ1) is 20.8. The Balaban J connectivity index is 1.12. The second-order valence-electron chi connectivity index (χ2n) is 10.8. The summed E-state index contributed by atoms with van der Waals surface area (Å²) in [5.41, 5.74) is 0.849. The van der Waals surface area contributed by atoms with E-state index < -0.39 is 24.4 Å². The molecule has 224 valence electrons. The SMILES string of the molecule is O=C(NCC(F)(F)F)OC1(CCCCN2CCN(c3ncc4ccccc4n3)CC2)c2ccccc2Oc2ccccc21. The van der Waals surface area contributed by atoms with Crippen molar-refractivity contribution in [2.45, 2.75) is 31.0 Å². The van der Waals surface area contributed by atoms with Crippen LogP contribution in [0.15, 0.2) is 79.0 Å². The Labute approximate surface area is 247 Å². The number of para-hydroxylation sites is 3. The largest absolute Gasteiger partial charge is 0.456 e. The van der Waals surface area contributed by atoms with Gasteiger partial charge in [-0.2, -0.15) is 13.2 Å². The van der Waals surface area contributed by atoms with Gasteiger partial charge in [0, 0.05) is 48.9 Å². The highest BCUT2D eigenvalue weighted by atomic mass is 19.4. The van der Waals surface area contributed by atoms with Crippen molar-refractivity contribution in [3.05, 3.63) is 90.1 Å². The summed E-state index contributed by atoms with van der Waals surface area (Å²) in [6.07, 6.45) is -1.96. The van der Waals surface area contributed by atoms with E-state index in [-0.39, 0.29) is 0 Å². The molecule has 1 saturated heterocycles. The molecule has 1 N–H and O–H groups in total. The molecule has 2 aliphatic rings. The summed E-state index contributed by atoms with van der Waals surface area (Å²) in [5, 5.41) is 2.89. The maximum absolute atomic E-state index is 12.9. The van der Waals surface area contributed by atoms with Crippen molar-refractivity contribution < 1.29 is 27.4 Å². The topological polar surface area (TPSA) is 79.8 Å². The molecule has 43 heavy (non-hydrogen) atoms. The van der Waals surface area contributed by atoms with E-state index in [9.17, 15) is 18.0 Å². The zero-order chi connectivity index (χ0) is 29.9. The number of rotatable bonds is 8. The molecular weight excluding hydrogens is 559 g/mol. The smallest absolute Gasteiger partial charge is 0.408 e. The molecule has 0 saturated carbocycles. The lowest BCUT2D eigenvalue weighted by Gasteiger charge is -2.40. The van der Waals surface area contributed by atoms with Gasteiger partial charge in [0.2, 0.25) is 5.95 Å². The van der Waals surface area contributed by atoms with Crippen LogP contribution in [0.4, 0.5) is 23.9 Å². The van der Waals surface area contributed by atoms with Gasteiger partial charge in [-0.1, -0.05) is 54.6 Å². The third-order valence-electron chi connectivity index (χ3n) is 7.95. The second-order valence-corrected chi connectivity index (χ2v) is 10.8. The Kier molecular flexibility index (Phi) is 8.07. The van der Waals surface area contributed by atoms with Crippen LogP contribution in [0.2, 0.25) is 0 Å². The van der Waals surface area contributed by atoms with Gasteiger partial charge in [0.25, 0.3) is 0 Å². The molecule has 0 bridgehead atoms. The van der Waals surface area contributed by atoms with E-state index in [1.807, 2.05) is 47.9 Å². The first-order valence-corrected chi connectivity index (χ1v) is 14.4. The Bertz CT molecular complexity index is 1540. The number of hydrogen-bond acceptors (Lipinski definition) is 7. The van der Waals surface area contributed by atoms with Crippen LogP contribution in [0.3, 0.4) is 0 Å². The maximum Gasteiger partial charge on any atom is 0.408 e. The average Bonchev–Trinajstić information content (AvgIpc) is 3.02. The molecule has 8 nitrogen and oxygen atoms in total. The molecule has 0 atom stereocenters. The predicted molar refractivity (Wildman–Crippen MR) is 156 cm³/mol. The Hall–Kier alpha value is -4.38. The molecule has 6 rings (SSSR count). The highest BCUT2D eigenvalue weighted by Gasteiger charge is 2.45. The van der Waals surface area contributed by atoms with Crippen molar-refractivity contribution in [3.63, 3.8) is 0 Å². The lowest BCUT2D eigenvalue weighted by atomic mass is 9.79. The van der Waals surface area contributed by atoms with Crippen LogP contribution in [0, 0.1) is 0 Å². The average molecular weight is 592 g/mol. The number of anilines is 1. The fourth-order valence-electron chi connectivity index (χ4n) is 5.83. The first kappa shape index (κ1) is 28.7. The van der Waals surface area contributed by atoms with Crippen LogP contribution in [0.1, 0.15) is 30.4 Å². The molecule has 0 aliphatic carbocycles. The molecule has 0 spiro atoms. The van der Waals surface area contributed by atoms with Gasteiger partial charge >= 0.3 is 12.3 Å². The fourth-order valence-corrected chi connectivity index (χ4v) is 5.83. The third kappa shape index (κ3) is 6.36. The normalized spacial score (nSPS) is 16.2. The summed E-state index contributed by atoms with van der Waals surface area (Å²) in [5.74, 6) is 1.76. The Morgan fingerprint density at radius 1 is 0.907 bits per heavy atom. The Morgan fingerprint density at radius 2 is 1.56 bits per heavy atom. The van der Waals surface area contributed by atoms with E-state index in [0.29, 0.717) is 35.5 Å². The van der Waals surface area contributed by atoms with Crippen molar-refractivity contribution in [3.8, 4) is 11.5 Å². The van der Waals surface area contributed by atoms with E-state index in [1.165, 1.54) is 0 Å². The van der Waals surface area contributed by atoms with Crippen molar-refractivity contribution >= 4 is 22.9 Å². The predicted octanol–water partition coefficient (Wildman–Crippen LogP) is 6.26. The van der Waals surface area contributed by atoms with Crippen molar-refractivity contribution in [2.75, 3.05) is 44.2 Å². The molecule has 3 aromatic carbocycles. The number of carbonyl (C=O) groups is 1. The van der Waals surface area contributed by atoms with Gasteiger partial charge in [-0.15, -0.1) is 0 Å². The molecule has 2 aliphatic heterocycles. The number of amides is 1. The van der Waals surface area contributed by atoms with E-state index in [4.69, 9.17) is 14.5 Å². The van der Waals surface area contributed by atoms with E-state index >= 15 is 0 Å². The highest BCUT2D eigenvalue weighted by molar-refractivity contribution is 5.78. The zero-order valence-corrected chi connectivity index (χ0v) is 23.5. The number of ether oxygens (including phenoxy) is 2. The maximum atomic E-state index is 12.9. The van der Waals surface area contributed by atoms with Gasteiger partial charge in [0.1, 0.15) is 18.0 Å². The van der Waals surface area contributed by atoms with Crippen molar-refractivity contribution in [2.24, 2.45) is 0 Å². The molecule has 4 aromatic rings. The van der Waals surface area contributed by atoms with E-state index in [2.05, 4.69) is 14.8 Å². The summed E-state index contributed by atoms with van der Waals surface area (Å²) in [6.45, 7) is 2.70. The molecule has 0 unspecified atom stereocenters. The Morgan fingerprint density at radius 3 is 2.26 bits per heavy atom. The number of halogens is 3. The van der Waals surface area contributed by atoms with Crippen LogP contribution in [-0.2, 0) is 10.3 Å².